The number of fused-ring (bicyclic) bond motifs is 3. The Morgan fingerprint density at radius 2 is 2.05 bits per heavy atom. The summed E-state index contributed by atoms with van der Waals surface area (Å²) in [5, 5.41) is 6.82. The van der Waals surface area contributed by atoms with Gasteiger partial charge in [-0.3, -0.25) is 4.79 Å². The van der Waals surface area contributed by atoms with Gasteiger partial charge in [0.1, 0.15) is 5.02 Å². The Labute approximate surface area is 226 Å². The van der Waals surface area contributed by atoms with E-state index in [2.05, 4.69) is 20.6 Å². The quantitative estimate of drug-likeness (QED) is 0.399. The minimum absolute atomic E-state index is 0.146. The predicted octanol–water partition coefficient (Wildman–Crippen LogP) is 5.43. The summed E-state index contributed by atoms with van der Waals surface area (Å²) in [4.78, 5) is 23.5. The number of aryl methyl sites for hydroxylation is 1. The zero-order valence-electron chi connectivity index (χ0n) is 21.1. The molecule has 3 aromatic rings. The molecule has 2 aliphatic heterocycles. The molecular weight excluding hydrogens is 540 g/mol. The van der Waals surface area contributed by atoms with Gasteiger partial charge in [0, 0.05) is 37.1 Å². The van der Waals surface area contributed by atoms with Crippen LogP contribution >= 0.6 is 11.6 Å². The van der Waals surface area contributed by atoms with Crippen LogP contribution in [0.15, 0.2) is 29.2 Å². The number of halogens is 5. The van der Waals surface area contributed by atoms with Gasteiger partial charge in [-0.2, -0.15) is 4.98 Å². The van der Waals surface area contributed by atoms with Gasteiger partial charge in [0.15, 0.2) is 12.4 Å². The van der Waals surface area contributed by atoms with E-state index in [4.69, 9.17) is 16.3 Å². The molecule has 0 spiro atoms. The number of rotatable bonds is 5. The van der Waals surface area contributed by atoms with Crippen molar-refractivity contribution in [2.45, 2.75) is 44.1 Å². The highest BCUT2D eigenvalue weighted by Crippen LogP contribution is 2.45. The van der Waals surface area contributed by atoms with E-state index in [1.165, 1.54) is 10.8 Å². The van der Waals surface area contributed by atoms with Crippen LogP contribution in [0, 0.1) is 11.8 Å². The number of alkyl halides is 4. The number of benzene rings is 1. The van der Waals surface area contributed by atoms with Crippen molar-refractivity contribution < 1.29 is 22.3 Å². The topological polar surface area (TPSA) is 84.3 Å². The van der Waals surface area contributed by atoms with Crippen LogP contribution < -0.4 is 25.8 Å². The standard InChI is InChI=1S/C26H27ClF4N6O2/c1-36-18-7-6-15(33-23-17(27)10-32-25(35-23)37-8-2-3-14(11-37)22(28)29)9-16(18)19-20(24(36)38)39-12-26(30,31)21(34-19)13-4-5-13/h6-7,9-10,13-14,21-22,34H,2-5,8,11-12H2,1H3,(H,32,33,35)/t14-,21-/m0/s1. The Balaban J connectivity index is 1.36. The second kappa shape index (κ2) is 9.72. The third kappa shape index (κ3) is 4.83. The second-order valence-corrected chi connectivity index (χ2v) is 10.9. The molecule has 2 N–H and O–H groups in total. The van der Waals surface area contributed by atoms with E-state index in [0.717, 1.165) is 0 Å². The zero-order valence-corrected chi connectivity index (χ0v) is 21.8. The lowest BCUT2D eigenvalue weighted by Crippen LogP contribution is -2.44. The number of pyridine rings is 1. The molecule has 2 atom stereocenters. The summed E-state index contributed by atoms with van der Waals surface area (Å²) in [5.74, 6) is -3.69. The summed E-state index contributed by atoms with van der Waals surface area (Å²) < 4.78 is 63.2. The van der Waals surface area contributed by atoms with Crippen molar-refractivity contribution in [3.8, 4) is 5.75 Å². The van der Waals surface area contributed by atoms with Crippen molar-refractivity contribution in [2.75, 3.05) is 35.2 Å². The van der Waals surface area contributed by atoms with Crippen LogP contribution in [0.25, 0.3) is 10.9 Å². The van der Waals surface area contributed by atoms with Crippen LogP contribution in [0.2, 0.25) is 5.02 Å². The highest BCUT2D eigenvalue weighted by atomic mass is 35.5. The fraction of sp³-hybridized carbons (Fsp3) is 0.500. The Morgan fingerprint density at radius 3 is 2.79 bits per heavy atom. The van der Waals surface area contributed by atoms with Crippen LogP contribution in [0.4, 0.5) is 40.7 Å². The number of ether oxygens (including phenoxy) is 1. The molecule has 1 aromatic carbocycles. The molecule has 13 heteroatoms. The summed E-state index contributed by atoms with van der Waals surface area (Å²) in [5.41, 5.74) is 0.775. The van der Waals surface area contributed by atoms with Crippen LogP contribution in [-0.2, 0) is 7.05 Å². The molecule has 0 bridgehead atoms. The van der Waals surface area contributed by atoms with Gasteiger partial charge in [-0.05, 0) is 49.8 Å². The Bertz CT molecular complexity index is 1480. The molecule has 0 unspecified atom stereocenters. The number of nitrogens with zero attached hydrogens (tertiary/aromatic N) is 4. The lowest BCUT2D eigenvalue weighted by Gasteiger charge is -2.32. The third-order valence-electron chi connectivity index (χ3n) is 7.70. The summed E-state index contributed by atoms with van der Waals surface area (Å²) >= 11 is 6.37. The van der Waals surface area contributed by atoms with E-state index in [-0.39, 0.29) is 40.7 Å². The summed E-state index contributed by atoms with van der Waals surface area (Å²) in [6, 6.07) is 3.98. The Hall–Kier alpha value is -3.28. The maximum absolute atomic E-state index is 14.9. The first-order valence-corrected chi connectivity index (χ1v) is 13.3. The summed E-state index contributed by atoms with van der Waals surface area (Å²) in [7, 11) is 1.56. The molecule has 4 heterocycles. The van der Waals surface area contributed by atoms with Crippen LogP contribution in [-0.4, -0.2) is 52.6 Å². The first kappa shape index (κ1) is 26.0. The lowest BCUT2D eigenvalue weighted by molar-refractivity contribution is -0.0579. The SMILES string of the molecule is Cn1c(=O)c2c(c3cc(Nc4nc(N5CCC[C@H](C(F)F)C5)ncc4Cl)ccc31)N[C@@H](C1CC1)C(F)(F)CO2. The van der Waals surface area contributed by atoms with Gasteiger partial charge >= 0.3 is 5.92 Å². The number of anilines is 4. The van der Waals surface area contributed by atoms with Gasteiger partial charge in [0.25, 0.3) is 5.56 Å². The van der Waals surface area contributed by atoms with Crippen molar-refractivity contribution in [1.29, 1.82) is 0 Å². The van der Waals surface area contributed by atoms with Crippen molar-refractivity contribution in [2.24, 2.45) is 18.9 Å². The molecule has 2 aromatic heterocycles. The summed E-state index contributed by atoms with van der Waals surface area (Å²) in [6.45, 7) is -0.179. The number of piperidine rings is 1. The van der Waals surface area contributed by atoms with Crippen LogP contribution in [0.3, 0.4) is 0 Å². The van der Waals surface area contributed by atoms with E-state index >= 15 is 0 Å². The molecule has 208 valence electrons. The molecule has 0 amide bonds. The lowest BCUT2D eigenvalue weighted by atomic mass is 9.99. The molecular formula is C26H27ClF4N6O2. The second-order valence-electron chi connectivity index (χ2n) is 10.5. The molecule has 2 fully saturated rings. The molecule has 8 nitrogen and oxygen atoms in total. The largest absolute Gasteiger partial charge is 0.480 e. The first-order chi connectivity index (χ1) is 18.6. The van der Waals surface area contributed by atoms with Crippen LogP contribution in [0.5, 0.6) is 5.75 Å². The van der Waals surface area contributed by atoms with E-state index in [9.17, 15) is 22.4 Å². The van der Waals surface area contributed by atoms with Crippen molar-refractivity contribution in [3.05, 3.63) is 39.8 Å². The van der Waals surface area contributed by atoms with Gasteiger partial charge in [-0.25, -0.2) is 22.5 Å². The molecule has 0 radical (unpaired) electrons. The van der Waals surface area contributed by atoms with E-state index in [1.807, 2.05) is 0 Å². The predicted molar refractivity (Wildman–Crippen MR) is 141 cm³/mol. The zero-order chi connectivity index (χ0) is 27.5. The normalized spacial score (nSPS) is 22.7. The minimum atomic E-state index is -3.14. The number of nitrogens with one attached hydrogen (secondary N) is 2. The molecule has 39 heavy (non-hydrogen) atoms. The van der Waals surface area contributed by atoms with Gasteiger partial charge in [0.05, 0.1) is 23.4 Å². The molecule has 6 rings (SSSR count). The molecule has 1 aliphatic carbocycles. The fourth-order valence-electron chi connectivity index (χ4n) is 5.42. The third-order valence-corrected chi connectivity index (χ3v) is 7.98. The van der Waals surface area contributed by atoms with E-state index in [0.29, 0.717) is 48.8 Å². The van der Waals surface area contributed by atoms with Crippen molar-refractivity contribution in [1.82, 2.24) is 14.5 Å². The molecule has 1 saturated carbocycles. The summed E-state index contributed by atoms with van der Waals surface area (Å²) in [6.07, 6.45) is 1.41. The smallest absolute Gasteiger partial charge is 0.301 e. The average molecular weight is 567 g/mol. The van der Waals surface area contributed by atoms with Crippen LogP contribution in [0.1, 0.15) is 25.7 Å². The van der Waals surface area contributed by atoms with Crippen molar-refractivity contribution in [3.63, 3.8) is 0 Å². The first-order valence-electron chi connectivity index (χ1n) is 12.9. The van der Waals surface area contributed by atoms with E-state index in [1.54, 1.807) is 30.1 Å². The minimum Gasteiger partial charge on any atom is -0.480 e. The monoisotopic (exact) mass is 566 g/mol. The Kier molecular flexibility index (Phi) is 6.47. The van der Waals surface area contributed by atoms with E-state index < -0.39 is 36.5 Å². The Morgan fingerprint density at radius 1 is 1.26 bits per heavy atom. The average Bonchev–Trinajstić information content (AvgIpc) is 3.76. The molecule has 1 saturated heterocycles. The van der Waals surface area contributed by atoms with Gasteiger partial charge < -0.3 is 24.8 Å². The highest BCUT2D eigenvalue weighted by Gasteiger charge is 2.51. The number of hydrogen-bond donors (Lipinski definition) is 2. The maximum Gasteiger partial charge on any atom is 0.301 e. The van der Waals surface area contributed by atoms with Gasteiger partial charge in [0.2, 0.25) is 18.1 Å². The maximum atomic E-state index is 14.9. The number of hydrogen-bond acceptors (Lipinski definition) is 7. The number of aromatic nitrogens is 3. The highest BCUT2D eigenvalue weighted by molar-refractivity contribution is 6.32. The molecule has 3 aliphatic rings. The van der Waals surface area contributed by atoms with Gasteiger partial charge in [-0.1, -0.05) is 11.6 Å². The van der Waals surface area contributed by atoms with Crippen molar-refractivity contribution >= 4 is 45.6 Å². The fourth-order valence-corrected chi connectivity index (χ4v) is 5.56. The van der Waals surface area contributed by atoms with Gasteiger partial charge in [-0.15, -0.1) is 0 Å².